The normalized spacial score (nSPS) is 35.9. The van der Waals surface area contributed by atoms with Crippen LogP contribution in [-0.2, 0) is 4.79 Å². The van der Waals surface area contributed by atoms with Crippen molar-refractivity contribution in [3.05, 3.63) is 0 Å². The summed E-state index contributed by atoms with van der Waals surface area (Å²) in [6.07, 6.45) is 6.48. The van der Waals surface area contributed by atoms with Crippen molar-refractivity contribution in [1.82, 2.24) is 9.80 Å². The number of nitrogens with zero attached hydrogens (tertiary/aromatic N) is 2. The molecular weight excluding hydrogens is 268 g/mol. The molecule has 0 spiro atoms. The summed E-state index contributed by atoms with van der Waals surface area (Å²) in [4.78, 5) is 28.0. The van der Waals surface area contributed by atoms with Crippen molar-refractivity contribution in [3.8, 4) is 0 Å². The molecule has 0 aromatic carbocycles. The highest BCUT2D eigenvalue weighted by molar-refractivity contribution is 5.84. The molecule has 1 N–H and O–H groups in total. The first-order chi connectivity index (χ1) is 10.1. The fourth-order valence-corrected chi connectivity index (χ4v) is 4.57. The number of piperidine rings is 1. The Morgan fingerprint density at radius 1 is 1.14 bits per heavy atom. The summed E-state index contributed by atoms with van der Waals surface area (Å²) in [6.45, 7) is 4.40. The summed E-state index contributed by atoms with van der Waals surface area (Å²) in [5, 5.41) is 9.56. The maximum atomic E-state index is 12.8. The summed E-state index contributed by atoms with van der Waals surface area (Å²) < 4.78 is 0. The van der Waals surface area contributed by atoms with Crippen LogP contribution < -0.4 is 0 Å². The van der Waals surface area contributed by atoms with Crippen LogP contribution in [0.15, 0.2) is 0 Å². The van der Waals surface area contributed by atoms with Crippen molar-refractivity contribution < 1.29 is 14.7 Å². The van der Waals surface area contributed by atoms with E-state index in [0.29, 0.717) is 18.4 Å². The van der Waals surface area contributed by atoms with Gasteiger partial charge in [0.2, 0.25) is 0 Å². The summed E-state index contributed by atoms with van der Waals surface area (Å²) in [5.74, 6) is 0.343. The van der Waals surface area contributed by atoms with Crippen molar-refractivity contribution in [2.45, 2.75) is 51.5 Å². The molecule has 2 amide bonds. The van der Waals surface area contributed by atoms with Crippen molar-refractivity contribution in [1.29, 1.82) is 0 Å². The van der Waals surface area contributed by atoms with Gasteiger partial charge in [0.15, 0.2) is 0 Å². The van der Waals surface area contributed by atoms with Crippen LogP contribution >= 0.6 is 0 Å². The summed E-state index contributed by atoms with van der Waals surface area (Å²) in [6, 6.07) is -0.623. The van der Waals surface area contributed by atoms with Gasteiger partial charge in [-0.2, -0.15) is 0 Å². The van der Waals surface area contributed by atoms with Gasteiger partial charge in [0.05, 0.1) is 0 Å². The van der Waals surface area contributed by atoms with Gasteiger partial charge in [-0.05, 0) is 43.4 Å². The number of hydrogen-bond donors (Lipinski definition) is 1. The summed E-state index contributed by atoms with van der Waals surface area (Å²) in [5.41, 5.74) is 0. The lowest BCUT2D eigenvalue weighted by atomic mass is 9.94. The molecule has 4 unspecified atom stereocenters. The van der Waals surface area contributed by atoms with Gasteiger partial charge in [-0.3, -0.25) is 0 Å². The van der Waals surface area contributed by atoms with Gasteiger partial charge in [0.25, 0.3) is 0 Å². The smallest absolute Gasteiger partial charge is 0.326 e. The fraction of sp³-hybridized carbons (Fsp3) is 0.875. The zero-order chi connectivity index (χ0) is 15.0. The molecule has 118 valence electrons. The number of urea groups is 1. The Bertz CT molecular complexity index is 426. The quantitative estimate of drug-likeness (QED) is 0.851. The number of fused-ring (bicyclic) bond motifs is 1. The van der Waals surface area contributed by atoms with E-state index in [4.69, 9.17) is 0 Å². The minimum atomic E-state index is -0.818. The fourth-order valence-electron chi connectivity index (χ4n) is 4.57. The third kappa shape index (κ3) is 2.62. The van der Waals surface area contributed by atoms with E-state index >= 15 is 0 Å². The molecule has 2 aliphatic heterocycles. The van der Waals surface area contributed by atoms with Crippen LogP contribution in [0.2, 0.25) is 0 Å². The van der Waals surface area contributed by atoms with Crippen molar-refractivity contribution in [2.24, 2.45) is 17.8 Å². The van der Waals surface area contributed by atoms with Gasteiger partial charge < -0.3 is 14.9 Å². The maximum absolute atomic E-state index is 12.8. The second kappa shape index (κ2) is 5.85. The highest BCUT2D eigenvalue weighted by Crippen LogP contribution is 2.42. The second-order valence-electron chi connectivity index (χ2n) is 6.94. The van der Waals surface area contributed by atoms with E-state index in [9.17, 15) is 14.7 Å². The van der Waals surface area contributed by atoms with Crippen LogP contribution in [0.1, 0.15) is 45.4 Å². The first-order valence-electron chi connectivity index (χ1n) is 8.40. The third-order valence-corrected chi connectivity index (χ3v) is 5.76. The van der Waals surface area contributed by atoms with Crippen LogP contribution in [0.4, 0.5) is 4.79 Å². The molecule has 1 saturated carbocycles. The molecule has 0 bridgehead atoms. The first kappa shape index (κ1) is 14.7. The van der Waals surface area contributed by atoms with Gasteiger partial charge in [-0.25, -0.2) is 9.59 Å². The third-order valence-electron chi connectivity index (χ3n) is 5.76. The Balaban J connectivity index is 1.72. The number of carbonyl (C=O) groups is 2. The number of carbonyl (C=O) groups excluding carboxylic acids is 1. The Labute approximate surface area is 126 Å². The molecular formula is C16H26N2O3. The monoisotopic (exact) mass is 294 g/mol. The molecule has 4 atom stereocenters. The van der Waals surface area contributed by atoms with E-state index in [1.807, 2.05) is 4.90 Å². The Kier molecular flexibility index (Phi) is 4.09. The van der Waals surface area contributed by atoms with E-state index in [1.165, 1.54) is 6.42 Å². The molecule has 3 fully saturated rings. The van der Waals surface area contributed by atoms with Crippen LogP contribution in [-0.4, -0.2) is 52.6 Å². The van der Waals surface area contributed by atoms with Crippen LogP contribution in [0, 0.1) is 17.8 Å². The minimum Gasteiger partial charge on any atom is -0.480 e. The van der Waals surface area contributed by atoms with Crippen molar-refractivity contribution >= 4 is 12.0 Å². The molecule has 0 radical (unpaired) electrons. The zero-order valence-corrected chi connectivity index (χ0v) is 12.8. The van der Waals surface area contributed by atoms with E-state index in [1.54, 1.807) is 4.90 Å². The van der Waals surface area contributed by atoms with Crippen molar-refractivity contribution in [2.75, 3.05) is 19.6 Å². The standard InChI is InChI=1S/C16H26N2O3/c1-2-11-5-4-8-17(9-11)16(21)18-10-12-6-3-7-13(12)14(18)15(19)20/h11-14H,2-10H2,1H3,(H,19,20). The van der Waals surface area contributed by atoms with Gasteiger partial charge in [0, 0.05) is 19.6 Å². The number of amides is 2. The molecule has 2 saturated heterocycles. The zero-order valence-electron chi connectivity index (χ0n) is 12.8. The number of likely N-dealkylation sites (tertiary alicyclic amines) is 2. The number of carboxylic acid groups (broad SMARTS) is 1. The van der Waals surface area contributed by atoms with E-state index < -0.39 is 12.0 Å². The van der Waals surface area contributed by atoms with Crippen LogP contribution in [0.3, 0.4) is 0 Å². The Morgan fingerprint density at radius 3 is 2.67 bits per heavy atom. The van der Waals surface area contributed by atoms with E-state index in [2.05, 4.69) is 6.92 Å². The lowest BCUT2D eigenvalue weighted by Gasteiger charge is -2.36. The highest BCUT2D eigenvalue weighted by atomic mass is 16.4. The predicted octanol–water partition coefficient (Wildman–Crippen LogP) is 2.41. The Morgan fingerprint density at radius 2 is 1.95 bits per heavy atom. The molecule has 0 aromatic heterocycles. The Hall–Kier alpha value is -1.26. The topological polar surface area (TPSA) is 60.9 Å². The van der Waals surface area contributed by atoms with Crippen LogP contribution in [0.5, 0.6) is 0 Å². The van der Waals surface area contributed by atoms with Gasteiger partial charge in [0.1, 0.15) is 6.04 Å². The van der Waals surface area contributed by atoms with Gasteiger partial charge in [-0.1, -0.05) is 19.8 Å². The van der Waals surface area contributed by atoms with E-state index in [-0.39, 0.29) is 11.9 Å². The molecule has 0 aromatic rings. The largest absolute Gasteiger partial charge is 0.480 e. The number of aliphatic carboxylic acids is 1. The molecule has 5 heteroatoms. The maximum Gasteiger partial charge on any atom is 0.326 e. The average Bonchev–Trinajstić information content (AvgIpc) is 3.06. The molecule has 3 aliphatic rings. The lowest BCUT2D eigenvalue weighted by molar-refractivity contribution is -0.142. The van der Waals surface area contributed by atoms with Crippen molar-refractivity contribution in [3.63, 3.8) is 0 Å². The predicted molar refractivity (Wildman–Crippen MR) is 78.9 cm³/mol. The molecule has 21 heavy (non-hydrogen) atoms. The van der Waals surface area contributed by atoms with Gasteiger partial charge >= 0.3 is 12.0 Å². The highest BCUT2D eigenvalue weighted by Gasteiger charge is 2.50. The number of carboxylic acids is 1. The second-order valence-corrected chi connectivity index (χ2v) is 6.94. The SMILES string of the molecule is CCC1CCCN(C(=O)N2CC3CCCC3C2C(=O)O)C1. The molecule has 5 nitrogen and oxygen atoms in total. The lowest BCUT2D eigenvalue weighted by Crippen LogP contribution is -2.52. The average molecular weight is 294 g/mol. The van der Waals surface area contributed by atoms with Gasteiger partial charge in [-0.15, -0.1) is 0 Å². The first-order valence-corrected chi connectivity index (χ1v) is 8.40. The molecule has 2 heterocycles. The number of rotatable bonds is 2. The summed E-state index contributed by atoms with van der Waals surface area (Å²) in [7, 11) is 0. The minimum absolute atomic E-state index is 0.0325. The molecule has 1 aliphatic carbocycles. The summed E-state index contributed by atoms with van der Waals surface area (Å²) >= 11 is 0. The number of hydrogen-bond acceptors (Lipinski definition) is 2. The molecule has 3 rings (SSSR count). The van der Waals surface area contributed by atoms with Crippen LogP contribution in [0.25, 0.3) is 0 Å². The van der Waals surface area contributed by atoms with E-state index in [0.717, 1.165) is 45.2 Å².